The van der Waals surface area contributed by atoms with Gasteiger partial charge in [0.1, 0.15) is 5.75 Å². The first-order valence-corrected chi connectivity index (χ1v) is 4.77. The fourth-order valence-electron chi connectivity index (χ4n) is 1.34. The molecule has 0 saturated heterocycles. The van der Waals surface area contributed by atoms with Crippen molar-refractivity contribution in [2.24, 2.45) is 0 Å². The highest BCUT2D eigenvalue weighted by atomic mass is 16.5. The Kier molecular flexibility index (Phi) is 3.77. The molecule has 0 fully saturated rings. The average molecular weight is 180 g/mol. The van der Waals surface area contributed by atoms with Crippen LogP contribution in [0.4, 0.5) is 0 Å². The predicted molar refractivity (Wildman–Crippen MR) is 53.7 cm³/mol. The van der Waals surface area contributed by atoms with Gasteiger partial charge in [0.2, 0.25) is 0 Å². The maximum atomic E-state index is 5.51. The van der Waals surface area contributed by atoms with Gasteiger partial charge in [-0.2, -0.15) is 0 Å². The van der Waals surface area contributed by atoms with Gasteiger partial charge in [0.05, 0.1) is 12.6 Å². The van der Waals surface area contributed by atoms with Gasteiger partial charge in [0.15, 0.2) is 0 Å². The molecule has 3 N–H and O–H groups in total. The van der Waals surface area contributed by atoms with Crippen LogP contribution in [0.2, 0.25) is 0 Å². The van der Waals surface area contributed by atoms with Crippen molar-refractivity contribution >= 4 is 0 Å². The third-order valence-electron chi connectivity index (χ3n) is 1.84. The molecule has 2 nitrogen and oxygen atoms in total. The standard InChI is InChI=1S/C11H17NO/c1-3-13-11-7-5-4-6-10(11)8-9(2)12/h4-7,9H,3,8,12H2,1-2H3/p+1/t9-/m0/s1. The Labute approximate surface area is 79.7 Å². The van der Waals surface area contributed by atoms with Gasteiger partial charge in [-0.1, -0.05) is 18.2 Å². The van der Waals surface area contributed by atoms with Gasteiger partial charge in [-0.05, 0) is 25.5 Å². The summed E-state index contributed by atoms with van der Waals surface area (Å²) >= 11 is 0. The Hall–Kier alpha value is -1.02. The van der Waals surface area contributed by atoms with Crippen LogP contribution in [0.25, 0.3) is 0 Å². The molecule has 1 aromatic carbocycles. The second kappa shape index (κ2) is 4.87. The van der Waals surface area contributed by atoms with Gasteiger partial charge in [0, 0.05) is 6.42 Å². The fourth-order valence-corrected chi connectivity index (χ4v) is 1.34. The Morgan fingerprint density at radius 3 is 2.69 bits per heavy atom. The zero-order valence-corrected chi connectivity index (χ0v) is 8.42. The fraction of sp³-hybridized carbons (Fsp3) is 0.455. The van der Waals surface area contributed by atoms with Gasteiger partial charge in [-0.25, -0.2) is 0 Å². The van der Waals surface area contributed by atoms with E-state index in [2.05, 4.69) is 18.7 Å². The molecular weight excluding hydrogens is 162 g/mol. The highest BCUT2D eigenvalue weighted by Gasteiger charge is 2.05. The molecule has 0 unspecified atom stereocenters. The minimum absolute atomic E-state index is 0.432. The SMILES string of the molecule is CCOc1ccccc1C[C@H](C)[NH3+]. The van der Waals surface area contributed by atoms with Crippen molar-refractivity contribution in [3.63, 3.8) is 0 Å². The largest absolute Gasteiger partial charge is 0.494 e. The highest BCUT2D eigenvalue weighted by Crippen LogP contribution is 2.18. The second-order valence-electron chi connectivity index (χ2n) is 3.35. The number of quaternary nitrogens is 1. The van der Waals surface area contributed by atoms with Crippen LogP contribution in [0.15, 0.2) is 24.3 Å². The van der Waals surface area contributed by atoms with E-state index in [0.717, 1.165) is 18.8 Å². The number of hydrogen-bond donors (Lipinski definition) is 1. The summed E-state index contributed by atoms with van der Waals surface area (Å²) in [5, 5.41) is 0. The first-order chi connectivity index (χ1) is 6.24. The van der Waals surface area contributed by atoms with E-state index >= 15 is 0 Å². The lowest BCUT2D eigenvalue weighted by molar-refractivity contribution is -0.413. The van der Waals surface area contributed by atoms with E-state index in [9.17, 15) is 0 Å². The number of benzene rings is 1. The molecule has 72 valence electrons. The van der Waals surface area contributed by atoms with Crippen molar-refractivity contribution in [1.82, 2.24) is 0 Å². The van der Waals surface area contributed by atoms with Crippen molar-refractivity contribution < 1.29 is 10.5 Å². The molecule has 0 saturated carbocycles. The number of ether oxygens (including phenoxy) is 1. The summed E-state index contributed by atoms with van der Waals surface area (Å²) in [6, 6.07) is 8.60. The molecule has 1 rings (SSSR count). The van der Waals surface area contributed by atoms with Gasteiger partial charge in [-0.3, -0.25) is 0 Å². The van der Waals surface area contributed by atoms with Gasteiger partial charge >= 0.3 is 0 Å². The van der Waals surface area contributed by atoms with Gasteiger partial charge in [0.25, 0.3) is 0 Å². The molecule has 0 amide bonds. The molecule has 0 aliphatic rings. The normalized spacial score (nSPS) is 12.5. The van der Waals surface area contributed by atoms with Crippen LogP contribution in [-0.4, -0.2) is 12.6 Å². The molecule has 1 aromatic rings. The van der Waals surface area contributed by atoms with Crippen molar-refractivity contribution in [3.05, 3.63) is 29.8 Å². The zero-order chi connectivity index (χ0) is 9.68. The molecule has 0 spiro atoms. The average Bonchev–Trinajstić information content (AvgIpc) is 2.08. The van der Waals surface area contributed by atoms with Gasteiger partial charge in [-0.15, -0.1) is 0 Å². The van der Waals surface area contributed by atoms with E-state index in [-0.39, 0.29) is 0 Å². The Bertz CT molecular complexity index is 258. The summed E-state index contributed by atoms with van der Waals surface area (Å²) < 4.78 is 5.51. The summed E-state index contributed by atoms with van der Waals surface area (Å²) in [5.41, 5.74) is 5.24. The third kappa shape index (κ3) is 3.07. The van der Waals surface area contributed by atoms with Gasteiger partial charge < -0.3 is 10.5 Å². The smallest absolute Gasteiger partial charge is 0.122 e. The predicted octanol–water partition coefficient (Wildman–Crippen LogP) is 1.26. The van der Waals surface area contributed by atoms with Crippen LogP contribution in [0, 0.1) is 0 Å². The minimum Gasteiger partial charge on any atom is -0.494 e. The van der Waals surface area contributed by atoms with Crippen LogP contribution in [-0.2, 0) is 6.42 Å². The molecular formula is C11H18NO+. The minimum atomic E-state index is 0.432. The zero-order valence-electron chi connectivity index (χ0n) is 8.42. The molecule has 2 heteroatoms. The molecule has 0 aliphatic heterocycles. The molecule has 0 aliphatic carbocycles. The van der Waals surface area contributed by atoms with Crippen LogP contribution < -0.4 is 10.5 Å². The van der Waals surface area contributed by atoms with Crippen molar-refractivity contribution in [1.29, 1.82) is 0 Å². The maximum absolute atomic E-state index is 5.51. The van der Waals surface area contributed by atoms with E-state index in [1.54, 1.807) is 0 Å². The molecule has 0 bridgehead atoms. The summed E-state index contributed by atoms with van der Waals surface area (Å²) in [6.45, 7) is 4.84. The quantitative estimate of drug-likeness (QED) is 0.744. The summed E-state index contributed by atoms with van der Waals surface area (Å²) in [7, 11) is 0. The van der Waals surface area contributed by atoms with Crippen molar-refractivity contribution in [3.8, 4) is 5.75 Å². The first-order valence-electron chi connectivity index (χ1n) is 4.77. The first kappa shape index (κ1) is 10.1. The number of rotatable bonds is 4. The Morgan fingerprint density at radius 2 is 2.08 bits per heavy atom. The van der Waals surface area contributed by atoms with E-state index in [0.29, 0.717) is 6.04 Å². The topological polar surface area (TPSA) is 36.9 Å². The van der Waals surface area contributed by atoms with Crippen LogP contribution in [0.3, 0.4) is 0 Å². The Balaban J connectivity index is 2.78. The molecule has 0 radical (unpaired) electrons. The highest BCUT2D eigenvalue weighted by molar-refractivity contribution is 5.33. The molecule has 0 aromatic heterocycles. The molecule has 0 heterocycles. The summed E-state index contributed by atoms with van der Waals surface area (Å²) in [6.07, 6.45) is 0.982. The third-order valence-corrected chi connectivity index (χ3v) is 1.84. The monoisotopic (exact) mass is 180 g/mol. The second-order valence-corrected chi connectivity index (χ2v) is 3.35. The lowest BCUT2D eigenvalue weighted by Gasteiger charge is -2.09. The van der Waals surface area contributed by atoms with E-state index in [1.165, 1.54) is 5.56 Å². The lowest BCUT2D eigenvalue weighted by Crippen LogP contribution is -2.60. The van der Waals surface area contributed by atoms with E-state index in [1.807, 2.05) is 25.1 Å². The summed E-state index contributed by atoms with van der Waals surface area (Å²) in [4.78, 5) is 0. The van der Waals surface area contributed by atoms with Crippen molar-refractivity contribution in [2.45, 2.75) is 26.3 Å². The molecule has 1 atom stereocenters. The number of para-hydroxylation sites is 1. The lowest BCUT2D eigenvalue weighted by atomic mass is 10.1. The van der Waals surface area contributed by atoms with E-state index in [4.69, 9.17) is 4.74 Å². The number of hydrogen-bond acceptors (Lipinski definition) is 1. The van der Waals surface area contributed by atoms with E-state index < -0.39 is 0 Å². The van der Waals surface area contributed by atoms with Crippen LogP contribution >= 0.6 is 0 Å². The summed E-state index contributed by atoms with van der Waals surface area (Å²) in [5.74, 6) is 1.00. The van der Waals surface area contributed by atoms with Crippen LogP contribution in [0.5, 0.6) is 5.75 Å². The van der Waals surface area contributed by atoms with Crippen molar-refractivity contribution in [2.75, 3.05) is 6.61 Å². The Morgan fingerprint density at radius 1 is 1.38 bits per heavy atom. The maximum Gasteiger partial charge on any atom is 0.122 e. The van der Waals surface area contributed by atoms with Crippen LogP contribution in [0.1, 0.15) is 19.4 Å². The molecule has 13 heavy (non-hydrogen) atoms.